The minimum absolute atomic E-state index is 0.0387. The lowest BCUT2D eigenvalue weighted by molar-refractivity contribution is -0.667. The monoisotopic (exact) mass is 683 g/mol. The zero-order valence-corrected chi connectivity index (χ0v) is 27.5. The summed E-state index contributed by atoms with van der Waals surface area (Å²) in [5, 5.41) is 20.9. The molecule has 2 heterocycles. The molecule has 12 nitrogen and oxygen atoms in total. The number of nitrogens with zero attached hydrogens (tertiary/aromatic N) is 2. The van der Waals surface area contributed by atoms with Crippen molar-refractivity contribution in [2.45, 2.75) is 56.4 Å². The SMILES string of the molecule is CC1(C)/C(=C/C2=C(O)C(=C\c3cc[n+](CCP(=O)(O)O)c4ccccc34)/C2=O)N(CCCCCC(=O)O)c2ccc(S(=O)(=O)O)cc21. The third-order valence-electron chi connectivity index (χ3n) is 8.60. The maximum Gasteiger partial charge on any atom is 0.331 e. The molecule has 0 spiro atoms. The number of aliphatic carboxylic acids is 1. The highest BCUT2D eigenvalue weighted by Gasteiger charge is 2.43. The number of hydrogen-bond donors (Lipinski definition) is 5. The van der Waals surface area contributed by atoms with Gasteiger partial charge in [0.15, 0.2) is 12.7 Å². The van der Waals surface area contributed by atoms with E-state index >= 15 is 0 Å². The number of carbonyl (C=O) groups excluding carboxylic acids is 1. The number of unbranched alkanes of at least 4 members (excludes halogenated alkanes) is 2. The molecule has 0 amide bonds. The summed E-state index contributed by atoms with van der Waals surface area (Å²) < 4.78 is 46.7. The van der Waals surface area contributed by atoms with Gasteiger partial charge in [-0.1, -0.05) is 32.4 Å². The van der Waals surface area contributed by atoms with Crippen LogP contribution in [0.4, 0.5) is 5.69 Å². The van der Waals surface area contributed by atoms with Gasteiger partial charge in [0.25, 0.3) is 10.1 Å². The number of aliphatic hydroxyl groups excluding tert-OH is 1. The fourth-order valence-electron chi connectivity index (χ4n) is 6.11. The first-order chi connectivity index (χ1) is 22.0. The number of aromatic nitrogens is 1. The lowest BCUT2D eigenvalue weighted by Crippen LogP contribution is -2.36. The number of aryl methyl sites for hydroxylation is 1. The number of carboxylic acid groups (broad SMARTS) is 1. The third kappa shape index (κ3) is 7.09. The molecule has 0 atom stereocenters. The molecule has 2 aliphatic rings. The summed E-state index contributed by atoms with van der Waals surface area (Å²) in [7, 11) is -8.70. The number of allylic oxidation sites excluding steroid dienone is 4. The van der Waals surface area contributed by atoms with Crippen molar-refractivity contribution in [3.8, 4) is 0 Å². The number of ketones is 1. The van der Waals surface area contributed by atoms with E-state index in [0.717, 1.165) is 5.39 Å². The van der Waals surface area contributed by atoms with Crippen LogP contribution in [0.2, 0.25) is 0 Å². The van der Waals surface area contributed by atoms with Gasteiger partial charge in [0.05, 0.1) is 21.4 Å². The third-order valence-corrected chi connectivity index (χ3v) is 10.2. The second-order valence-corrected chi connectivity index (χ2v) is 15.4. The summed E-state index contributed by atoms with van der Waals surface area (Å²) in [5.41, 5.74) is 2.58. The molecular formula is C33H36N2O10PS+. The number of fused-ring (bicyclic) bond motifs is 2. The Balaban J connectivity index is 1.51. The first-order valence-electron chi connectivity index (χ1n) is 15.0. The second kappa shape index (κ2) is 12.8. The van der Waals surface area contributed by atoms with Gasteiger partial charge in [-0.25, -0.2) is 0 Å². The van der Waals surface area contributed by atoms with E-state index in [-0.39, 0.29) is 40.9 Å². The van der Waals surface area contributed by atoms with E-state index in [4.69, 9.17) is 5.11 Å². The molecule has 0 unspecified atom stereocenters. The molecule has 1 aliphatic carbocycles. The van der Waals surface area contributed by atoms with Crippen molar-refractivity contribution in [2.24, 2.45) is 0 Å². The van der Waals surface area contributed by atoms with Crippen LogP contribution in [0.25, 0.3) is 17.0 Å². The Morgan fingerprint density at radius 2 is 1.77 bits per heavy atom. The van der Waals surface area contributed by atoms with E-state index in [1.165, 1.54) is 12.1 Å². The van der Waals surface area contributed by atoms with Crippen molar-refractivity contribution in [3.63, 3.8) is 0 Å². The normalized spacial score (nSPS) is 17.9. The molecule has 14 heteroatoms. The number of para-hydroxylation sites is 1. The number of anilines is 1. The Morgan fingerprint density at radius 3 is 2.43 bits per heavy atom. The van der Waals surface area contributed by atoms with Crippen LogP contribution in [0.15, 0.2) is 88.3 Å². The van der Waals surface area contributed by atoms with E-state index in [1.54, 1.807) is 53.2 Å². The summed E-state index contributed by atoms with van der Waals surface area (Å²) in [5.74, 6) is -1.49. The van der Waals surface area contributed by atoms with Crippen molar-refractivity contribution in [1.82, 2.24) is 0 Å². The average molecular weight is 684 g/mol. The second-order valence-electron chi connectivity index (χ2n) is 12.2. The topological polar surface area (TPSA) is 194 Å². The van der Waals surface area contributed by atoms with Gasteiger partial charge in [0.2, 0.25) is 11.3 Å². The van der Waals surface area contributed by atoms with E-state index in [9.17, 15) is 42.0 Å². The number of rotatable bonds is 12. The molecule has 5 N–H and O–H groups in total. The molecule has 0 saturated heterocycles. The van der Waals surface area contributed by atoms with Crippen LogP contribution in [0.3, 0.4) is 0 Å². The van der Waals surface area contributed by atoms with Crippen LogP contribution in [0.1, 0.15) is 50.7 Å². The number of hydrogen-bond acceptors (Lipinski definition) is 7. The smallest absolute Gasteiger partial charge is 0.331 e. The van der Waals surface area contributed by atoms with Crippen LogP contribution in [0, 0.1) is 0 Å². The Bertz CT molecular complexity index is 2040. The van der Waals surface area contributed by atoms with Gasteiger partial charge in [0.1, 0.15) is 11.9 Å². The standard InChI is InChI=1S/C33H35N2O10PS/c1-33(2)26-19-22(47(43,44)45)11-12-28(26)35(14-7-3-4-10-30(36)37)29(33)20-25-31(38)24(32(25)39)18-21-13-15-34(16-17-46(40,41)42)27-9-6-5-8-23(21)27/h5-6,8-9,11-13,15,18-20H,3-4,7,10,14,16-17H2,1-2H3,(H4-,36,37,38,39,40,41,42,43,44,45)/p+1. The fourth-order valence-corrected chi connectivity index (χ4v) is 7.09. The van der Waals surface area contributed by atoms with Crippen molar-refractivity contribution in [1.29, 1.82) is 0 Å². The van der Waals surface area contributed by atoms with Gasteiger partial charge in [0, 0.05) is 41.9 Å². The first kappa shape index (κ1) is 34.2. The quantitative estimate of drug-likeness (QED) is 0.0586. The van der Waals surface area contributed by atoms with Crippen LogP contribution < -0.4 is 9.47 Å². The molecule has 0 bridgehead atoms. The fraction of sp³-hybridized carbons (Fsp3) is 0.303. The molecule has 3 aromatic rings. The van der Waals surface area contributed by atoms with E-state index in [2.05, 4.69) is 0 Å². The predicted molar refractivity (Wildman–Crippen MR) is 175 cm³/mol. The molecular weight excluding hydrogens is 647 g/mol. The Kier molecular flexibility index (Phi) is 9.33. The summed E-state index contributed by atoms with van der Waals surface area (Å²) in [6.45, 7) is 4.23. The minimum atomic E-state index is -4.48. The summed E-state index contributed by atoms with van der Waals surface area (Å²) >= 11 is 0. The summed E-state index contributed by atoms with van der Waals surface area (Å²) in [4.78, 5) is 44.8. The van der Waals surface area contributed by atoms with E-state index < -0.39 is 34.9 Å². The van der Waals surface area contributed by atoms with Crippen LogP contribution in [-0.2, 0) is 36.2 Å². The number of carbonyl (C=O) groups is 2. The van der Waals surface area contributed by atoms with Gasteiger partial charge in [-0.2, -0.15) is 13.0 Å². The number of pyridine rings is 1. The largest absolute Gasteiger partial charge is 0.506 e. The molecule has 1 aromatic heterocycles. The average Bonchev–Trinajstić information content (AvgIpc) is 3.21. The molecule has 2 aromatic carbocycles. The van der Waals surface area contributed by atoms with Gasteiger partial charge < -0.3 is 24.9 Å². The zero-order chi connectivity index (χ0) is 34.3. The predicted octanol–water partition coefficient (Wildman–Crippen LogP) is 4.66. The maximum absolute atomic E-state index is 13.5. The van der Waals surface area contributed by atoms with Crippen LogP contribution in [0.5, 0.6) is 0 Å². The number of benzene rings is 2. The lowest BCUT2D eigenvalue weighted by atomic mass is 9.80. The van der Waals surface area contributed by atoms with Crippen LogP contribution >= 0.6 is 7.60 Å². The minimum Gasteiger partial charge on any atom is -0.506 e. The van der Waals surface area contributed by atoms with E-state index in [0.29, 0.717) is 53.8 Å². The van der Waals surface area contributed by atoms with Crippen molar-refractivity contribution < 1.29 is 51.7 Å². The maximum atomic E-state index is 13.5. The molecule has 47 heavy (non-hydrogen) atoms. The Hall–Kier alpha value is -4.13. The molecule has 5 rings (SSSR count). The van der Waals surface area contributed by atoms with Crippen molar-refractivity contribution in [3.05, 3.63) is 94.5 Å². The Labute approximate surface area is 271 Å². The lowest BCUT2D eigenvalue weighted by Gasteiger charge is -2.29. The number of carboxylic acids is 1. The molecule has 0 radical (unpaired) electrons. The molecule has 0 saturated carbocycles. The molecule has 0 fully saturated rings. The first-order valence-corrected chi connectivity index (χ1v) is 18.2. The van der Waals surface area contributed by atoms with Crippen molar-refractivity contribution in [2.75, 3.05) is 17.6 Å². The highest BCUT2D eigenvalue weighted by molar-refractivity contribution is 7.85. The Morgan fingerprint density at radius 1 is 1.04 bits per heavy atom. The molecule has 1 aliphatic heterocycles. The van der Waals surface area contributed by atoms with E-state index in [1.807, 2.05) is 24.8 Å². The number of Topliss-reactive ketones (excluding diaryl/α,β-unsaturated/α-hetero) is 1. The zero-order valence-electron chi connectivity index (χ0n) is 25.8. The summed E-state index contributed by atoms with van der Waals surface area (Å²) in [6, 6.07) is 13.2. The van der Waals surface area contributed by atoms with Crippen molar-refractivity contribution >= 4 is 52.1 Å². The van der Waals surface area contributed by atoms with Gasteiger partial charge >= 0.3 is 13.6 Å². The highest BCUT2D eigenvalue weighted by Crippen LogP contribution is 2.50. The van der Waals surface area contributed by atoms with Crippen LogP contribution in [-0.4, -0.2) is 57.4 Å². The summed E-state index contributed by atoms with van der Waals surface area (Å²) in [6.07, 6.45) is 6.26. The van der Waals surface area contributed by atoms with Gasteiger partial charge in [-0.3, -0.25) is 18.7 Å². The highest BCUT2D eigenvalue weighted by atomic mass is 32.2. The van der Waals surface area contributed by atoms with Gasteiger partial charge in [-0.05, 0) is 60.4 Å². The van der Waals surface area contributed by atoms with Gasteiger partial charge in [-0.15, -0.1) is 0 Å². The molecule has 248 valence electrons. The number of aliphatic hydroxyl groups is 1.